The van der Waals surface area contributed by atoms with Crippen molar-refractivity contribution in [1.29, 1.82) is 5.26 Å². The third-order valence-electron chi connectivity index (χ3n) is 1.60. The molecule has 1 unspecified atom stereocenters. The van der Waals surface area contributed by atoms with Crippen LogP contribution in [0.25, 0.3) is 0 Å². The molecule has 0 radical (unpaired) electrons. The van der Waals surface area contributed by atoms with Crippen LogP contribution in [0.3, 0.4) is 0 Å². The quantitative estimate of drug-likeness (QED) is 0.769. The van der Waals surface area contributed by atoms with E-state index >= 15 is 0 Å². The summed E-state index contributed by atoms with van der Waals surface area (Å²) in [6.07, 6.45) is -0.660. The summed E-state index contributed by atoms with van der Waals surface area (Å²) in [7, 11) is 0. The number of ether oxygens (including phenoxy) is 1. The van der Waals surface area contributed by atoms with Crippen LogP contribution in [-0.4, -0.2) is 23.7 Å². The van der Waals surface area contributed by atoms with Gasteiger partial charge in [0, 0.05) is 0 Å². The molecule has 0 saturated carbocycles. The molecule has 0 amide bonds. The van der Waals surface area contributed by atoms with Crippen molar-refractivity contribution in [2.75, 3.05) is 12.5 Å². The Morgan fingerprint density at radius 2 is 2.07 bits per heavy atom. The number of aliphatic hydroxyl groups excluding tert-OH is 1. The number of hydrogen-bond acceptors (Lipinski definition) is 3. The van der Waals surface area contributed by atoms with Crippen LogP contribution in [-0.2, 0) is 0 Å². The second kappa shape index (κ2) is 5.48. The fourth-order valence-electron chi connectivity index (χ4n) is 0.863. The molecule has 3 nitrogen and oxygen atoms in total. The molecule has 4 heteroatoms. The summed E-state index contributed by atoms with van der Waals surface area (Å²) in [4.78, 5) is 0. The summed E-state index contributed by atoms with van der Waals surface area (Å²) in [5, 5.41) is 17.6. The third kappa shape index (κ3) is 3.25. The minimum absolute atomic E-state index is 0.149. The van der Waals surface area contributed by atoms with Crippen molar-refractivity contribution in [3.05, 3.63) is 29.8 Å². The largest absolute Gasteiger partial charge is 0.491 e. The Hall–Kier alpha value is -1.24. The zero-order valence-corrected chi connectivity index (χ0v) is 8.24. The highest BCUT2D eigenvalue weighted by atomic mass is 35.5. The lowest BCUT2D eigenvalue weighted by molar-refractivity contribution is 0.125. The molecule has 0 aliphatic carbocycles. The van der Waals surface area contributed by atoms with Crippen molar-refractivity contribution in [3.8, 4) is 11.8 Å². The molecule has 0 saturated heterocycles. The number of hydrogen-bond donors (Lipinski definition) is 1. The van der Waals surface area contributed by atoms with Gasteiger partial charge in [0.15, 0.2) is 0 Å². The third-order valence-corrected chi connectivity index (χ3v) is 1.96. The lowest BCUT2D eigenvalue weighted by Crippen LogP contribution is -2.18. The van der Waals surface area contributed by atoms with E-state index in [1.807, 2.05) is 6.07 Å². The first-order chi connectivity index (χ1) is 6.76. The Morgan fingerprint density at radius 1 is 1.43 bits per heavy atom. The molecule has 1 N–H and O–H groups in total. The normalized spacial score (nSPS) is 11.8. The van der Waals surface area contributed by atoms with Crippen LogP contribution >= 0.6 is 11.6 Å². The zero-order valence-electron chi connectivity index (χ0n) is 7.48. The van der Waals surface area contributed by atoms with E-state index < -0.39 is 6.10 Å². The second-order valence-electron chi connectivity index (χ2n) is 2.76. The van der Waals surface area contributed by atoms with E-state index in [4.69, 9.17) is 26.7 Å². The molecule has 14 heavy (non-hydrogen) atoms. The van der Waals surface area contributed by atoms with E-state index in [0.717, 1.165) is 0 Å². The monoisotopic (exact) mass is 211 g/mol. The van der Waals surface area contributed by atoms with Gasteiger partial charge in [0.25, 0.3) is 0 Å². The summed E-state index contributed by atoms with van der Waals surface area (Å²) in [6.45, 7) is 0.162. The molecule has 1 aromatic carbocycles. The van der Waals surface area contributed by atoms with Crippen molar-refractivity contribution in [1.82, 2.24) is 0 Å². The molecule has 0 spiro atoms. The number of alkyl halides is 1. The van der Waals surface area contributed by atoms with Crippen molar-refractivity contribution in [3.63, 3.8) is 0 Å². The molecule has 0 bridgehead atoms. The summed E-state index contributed by atoms with van der Waals surface area (Å²) in [5.74, 6) is 0.768. The molecule has 1 rings (SSSR count). The van der Waals surface area contributed by atoms with Crippen molar-refractivity contribution in [2.45, 2.75) is 6.10 Å². The minimum Gasteiger partial charge on any atom is -0.491 e. The van der Waals surface area contributed by atoms with E-state index in [2.05, 4.69) is 0 Å². The Balaban J connectivity index is 2.49. The highest BCUT2D eigenvalue weighted by molar-refractivity contribution is 6.18. The van der Waals surface area contributed by atoms with Crippen LogP contribution in [0.4, 0.5) is 0 Å². The van der Waals surface area contributed by atoms with Gasteiger partial charge in [-0.3, -0.25) is 0 Å². The first-order valence-corrected chi connectivity index (χ1v) is 4.66. The predicted molar refractivity (Wildman–Crippen MR) is 53.4 cm³/mol. The Bertz CT molecular complexity index is 318. The van der Waals surface area contributed by atoms with Gasteiger partial charge in [0.1, 0.15) is 18.5 Å². The van der Waals surface area contributed by atoms with E-state index in [0.29, 0.717) is 11.3 Å². The van der Waals surface area contributed by atoms with Crippen molar-refractivity contribution >= 4 is 11.6 Å². The van der Waals surface area contributed by atoms with Crippen LogP contribution in [0.1, 0.15) is 5.56 Å². The van der Waals surface area contributed by atoms with Gasteiger partial charge < -0.3 is 9.84 Å². The van der Waals surface area contributed by atoms with E-state index in [1.165, 1.54) is 0 Å². The average Bonchev–Trinajstić information content (AvgIpc) is 2.26. The number of nitriles is 1. The first-order valence-electron chi connectivity index (χ1n) is 4.13. The SMILES string of the molecule is N#Cc1ccc(OCC(O)CCl)cc1. The van der Waals surface area contributed by atoms with Crippen LogP contribution in [0.15, 0.2) is 24.3 Å². The van der Waals surface area contributed by atoms with Gasteiger partial charge in [0.05, 0.1) is 17.5 Å². The zero-order chi connectivity index (χ0) is 10.4. The van der Waals surface area contributed by atoms with Gasteiger partial charge in [0.2, 0.25) is 0 Å². The van der Waals surface area contributed by atoms with Gasteiger partial charge in [-0.15, -0.1) is 11.6 Å². The van der Waals surface area contributed by atoms with Crippen LogP contribution < -0.4 is 4.74 Å². The van der Waals surface area contributed by atoms with Gasteiger partial charge in [-0.05, 0) is 24.3 Å². The number of benzene rings is 1. The predicted octanol–water partition coefficient (Wildman–Crippen LogP) is 1.54. The van der Waals surface area contributed by atoms with Gasteiger partial charge in [-0.1, -0.05) is 0 Å². The molecule has 1 aromatic rings. The molecule has 0 aromatic heterocycles. The Morgan fingerprint density at radius 3 is 2.57 bits per heavy atom. The van der Waals surface area contributed by atoms with Gasteiger partial charge in [-0.2, -0.15) is 5.26 Å². The second-order valence-corrected chi connectivity index (χ2v) is 3.06. The van der Waals surface area contributed by atoms with Gasteiger partial charge in [-0.25, -0.2) is 0 Å². The topological polar surface area (TPSA) is 53.2 Å². The Kier molecular flexibility index (Phi) is 4.24. The molecule has 0 heterocycles. The molecule has 0 aliphatic rings. The lowest BCUT2D eigenvalue weighted by Gasteiger charge is -2.08. The maximum Gasteiger partial charge on any atom is 0.119 e. The number of rotatable bonds is 4. The fraction of sp³-hybridized carbons (Fsp3) is 0.300. The molecule has 0 aliphatic heterocycles. The summed E-state index contributed by atoms with van der Waals surface area (Å²) >= 11 is 5.39. The smallest absolute Gasteiger partial charge is 0.119 e. The fourth-order valence-corrected chi connectivity index (χ4v) is 0.952. The average molecular weight is 212 g/mol. The maximum absolute atomic E-state index is 9.11. The molecular formula is C10H10ClNO2. The highest BCUT2D eigenvalue weighted by Gasteiger charge is 2.02. The van der Waals surface area contributed by atoms with Crippen molar-refractivity contribution in [2.24, 2.45) is 0 Å². The van der Waals surface area contributed by atoms with Crippen LogP contribution in [0.2, 0.25) is 0 Å². The molecule has 74 valence electrons. The van der Waals surface area contributed by atoms with E-state index in [-0.39, 0.29) is 12.5 Å². The highest BCUT2D eigenvalue weighted by Crippen LogP contribution is 2.11. The summed E-state index contributed by atoms with van der Waals surface area (Å²) in [6, 6.07) is 8.67. The van der Waals surface area contributed by atoms with E-state index in [1.54, 1.807) is 24.3 Å². The number of aliphatic hydroxyl groups is 1. The minimum atomic E-state index is -0.660. The van der Waals surface area contributed by atoms with Crippen LogP contribution in [0, 0.1) is 11.3 Å². The van der Waals surface area contributed by atoms with Crippen LogP contribution in [0.5, 0.6) is 5.75 Å². The maximum atomic E-state index is 9.11. The molecule has 0 fully saturated rings. The summed E-state index contributed by atoms with van der Waals surface area (Å²) in [5.41, 5.74) is 0.579. The lowest BCUT2D eigenvalue weighted by atomic mass is 10.2. The van der Waals surface area contributed by atoms with Crippen molar-refractivity contribution < 1.29 is 9.84 Å². The number of nitrogens with zero attached hydrogens (tertiary/aromatic N) is 1. The number of halogens is 1. The standard InChI is InChI=1S/C10H10ClNO2/c11-5-9(13)7-14-10-3-1-8(6-12)2-4-10/h1-4,9,13H,5,7H2. The summed E-state index contributed by atoms with van der Waals surface area (Å²) < 4.78 is 5.21. The first kappa shape index (κ1) is 10.8. The van der Waals surface area contributed by atoms with E-state index in [9.17, 15) is 0 Å². The molecular weight excluding hydrogens is 202 g/mol. The van der Waals surface area contributed by atoms with Gasteiger partial charge >= 0.3 is 0 Å². The Labute approximate surface area is 87.5 Å². The molecule has 1 atom stereocenters.